The second-order valence-corrected chi connectivity index (χ2v) is 5.69. The molecular weight excluding hydrogens is 330 g/mol. The number of ether oxygens (including phenoxy) is 1. The maximum absolute atomic E-state index is 11.1. The summed E-state index contributed by atoms with van der Waals surface area (Å²) in [6.07, 6.45) is 5.79. The minimum Gasteiger partial charge on any atom is -0.494 e. The molecule has 0 aliphatic carbocycles. The van der Waals surface area contributed by atoms with Crippen molar-refractivity contribution in [3.05, 3.63) is 66.1 Å². The normalized spacial score (nSPS) is 10.3. The minimum atomic E-state index is -1.02. The van der Waals surface area contributed by atoms with Crippen LogP contribution in [-0.2, 0) is 0 Å². The zero-order valence-corrected chi connectivity index (χ0v) is 14.2. The molecule has 1 N–H and O–H groups in total. The standard InChI is InChI=1S/C20H17N3O3/c1-2-9-26-17-5-3-14(4-6-17)18-13-23(12-16(18)11-21)19-10-15(20(24)25)7-8-22-19/h3-8,10,12-13H,2,9H2,1H3,(H,24,25). The van der Waals surface area contributed by atoms with E-state index in [4.69, 9.17) is 9.84 Å². The molecule has 130 valence electrons. The number of nitriles is 1. The van der Waals surface area contributed by atoms with Crippen molar-refractivity contribution in [2.24, 2.45) is 0 Å². The van der Waals surface area contributed by atoms with Crippen LogP contribution in [0.2, 0.25) is 0 Å². The highest BCUT2D eigenvalue weighted by atomic mass is 16.5. The van der Waals surface area contributed by atoms with Crippen LogP contribution in [0.5, 0.6) is 5.75 Å². The summed E-state index contributed by atoms with van der Waals surface area (Å²) in [6, 6.07) is 12.6. The lowest BCUT2D eigenvalue weighted by Gasteiger charge is -2.05. The Kier molecular flexibility index (Phi) is 4.99. The number of hydrogen-bond donors (Lipinski definition) is 1. The second-order valence-electron chi connectivity index (χ2n) is 5.69. The van der Waals surface area contributed by atoms with Gasteiger partial charge in [-0.05, 0) is 36.2 Å². The molecule has 0 aliphatic rings. The molecule has 3 aromatic rings. The van der Waals surface area contributed by atoms with Crippen LogP contribution in [0, 0.1) is 11.3 Å². The molecule has 1 aromatic carbocycles. The summed E-state index contributed by atoms with van der Waals surface area (Å²) in [5.41, 5.74) is 2.24. The van der Waals surface area contributed by atoms with Crippen LogP contribution in [-0.4, -0.2) is 27.2 Å². The van der Waals surface area contributed by atoms with E-state index in [2.05, 4.69) is 11.1 Å². The van der Waals surface area contributed by atoms with Crippen molar-refractivity contribution < 1.29 is 14.6 Å². The van der Waals surface area contributed by atoms with Crippen molar-refractivity contribution in [1.82, 2.24) is 9.55 Å². The monoisotopic (exact) mass is 347 g/mol. The number of carbonyl (C=O) groups is 1. The predicted molar refractivity (Wildman–Crippen MR) is 96.5 cm³/mol. The van der Waals surface area contributed by atoms with Gasteiger partial charge in [0.05, 0.1) is 17.7 Å². The molecule has 0 bridgehead atoms. The minimum absolute atomic E-state index is 0.140. The number of benzene rings is 1. The predicted octanol–water partition coefficient (Wildman–Crippen LogP) is 3.90. The Morgan fingerprint density at radius 3 is 2.69 bits per heavy atom. The molecule has 2 heterocycles. The van der Waals surface area contributed by atoms with Gasteiger partial charge < -0.3 is 14.4 Å². The first kappa shape index (κ1) is 17.2. The van der Waals surface area contributed by atoms with Crippen molar-refractivity contribution in [3.8, 4) is 28.8 Å². The first-order valence-corrected chi connectivity index (χ1v) is 8.17. The number of aromatic carboxylic acids is 1. The van der Waals surface area contributed by atoms with Crippen LogP contribution in [0.4, 0.5) is 0 Å². The molecule has 0 spiro atoms. The van der Waals surface area contributed by atoms with Crippen LogP contribution in [0.25, 0.3) is 16.9 Å². The Hall–Kier alpha value is -3.59. The summed E-state index contributed by atoms with van der Waals surface area (Å²) in [4.78, 5) is 15.3. The zero-order chi connectivity index (χ0) is 18.5. The number of carboxylic acid groups (broad SMARTS) is 1. The smallest absolute Gasteiger partial charge is 0.335 e. The fourth-order valence-corrected chi connectivity index (χ4v) is 2.55. The Bertz CT molecular complexity index is 969. The Balaban J connectivity index is 1.96. The summed E-state index contributed by atoms with van der Waals surface area (Å²) in [7, 11) is 0. The van der Waals surface area contributed by atoms with Gasteiger partial charge >= 0.3 is 5.97 Å². The van der Waals surface area contributed by atoms with E-state index in [1.54, 1.807) is 17.0 Å². The topological polar surface area (TPSA) is 88.1 Å². The third-order valence-electron chi connectivity index (χ3n) is 3.84. The Morgan fingerprint density at radius 2 is 2.04 bits per heavy atom. The number of nitrogens with zero attached hydrogens (tertiary/aromatic N) is 3. The molecule has 0 fully saturated rings. The van der Waals surface area contributed by atoms with Crippen LogP contribution in [0.3, 0.4) is 0 Å². The Labute approximate surface area is 150 Å². The molecule has 26 heavy (non-hydrogen) atoms. The fraction of sp³-hybridized carbons (Fsp3) is 0.150. The lowest BCUT2D eigenvalue weighted by molar-refractivity contribution is 0.0696. The molecule has 0 unspecified atom stereocenters. The van der Waals surface area contributed by atoms with Gasteiger partial charge in [-0.25, -0.2) is 9.78 Å². The number of pyridine rings is 1. The fourth-order valence-electron chi connectivity index (χ4n) is 2.55. The highest BCUT2D eigenvalue weighted by molar-refractivity contribution is 5.88. The van der Waals surface area contributed by atoms with E-state index in [9.17, 15) is 10.1 Å². The SMILES string of the molecule is CCCOc1ccc(-c2cn(-c3cc(C(=O)O)ccn3)cc2C#N)cc1. The summed E-state index contributed by atoms with van der Waals surface area (Å²) in [5.74, 6) is 0.198. The highest BCUT2D eigenvalue weighted by Gasteiger charge is 2.12. The molecule has 6 heteroatoms. The quantitative estimate of drug-likeness (QED) is 0.730. The summed E-state index contributed by atoms with van der Waals surface area (Å²) >= 11 is 0. The molecular formula is C20H17N3O3. The van der Waals surface area contributed by atoms with Crippen molar-refractivity contribution in [1.29, 1.82) is 5.26 Å². The van der Waals surface area contributed by atoms with Gasteiger partial charge in [0.15, 0.2) is 0 Å². The summed E-state index contributed by atoms with van der Waals surface area (Å²) in [6.45, 7) is 2.70. The van der Waals surface area contributed by atoms with Gasteiger partial charge in [0.25, 0.3) is 0 Å². The van der Waals surface area contributed by atoms with E-state index >= 15 is 0 Å². The van der Waals surface area contributed by atoms with E-state index in [0.717, 1.165) is 23.3 Å². The van der Waals surface area contributed by atoms with Gasteiger partial charge in [0.1, 0.15) is 17.6 Å². The summed E-state index contributed by atoms with van der Waals surface area (Å²) in [5, 5.41) is 18.6. The third kappa shape index (κ3) is 3.57. The second kappa shape index (κ2) is 7.53. The first-order valence-electron chi connectivity index (χ1n) is 8.17. The van der Waals surface area contributed by atoms with Crippen LogP contribution in [0.15, 0.2) is 55.0 Å². The van der Waals surface area contributed by atoms with Crippen LogP contribution < -0.4 is 4.74 Å². The molecule has 0 saturated carbocycles. The van der Waals surface area contributed by atoms with Crippen LogP contribution in [0.1, 0.15) is 29.3 Å². The Morgan fingerprint density at radius 1 is 1.27 bits per heavy atom. The van der Waals surface area contributed by atoms with E-state index < -0.39 is 5.97 Å². The van der Waals surface area contributed by atoms with E-state index in [1.165, 1.54) is 18.3 Å². The number of hydrogen-bond acceptors (Lipinski definition) is 4. The van der Waals surface area contributed by atoms with Gasteiger partial charge in [-0.3, -0.25) is 0 Å². The number of aromatic nitrogens is 2. The van der Waals surface area contributed by atoms with Crippen molar-refractivity contribution in [2.75, 3.05) is 6.61 Å². The van der Waals surface area contributed by atoms with Gasteiger partial charge in [0, 0.05) is 24.2 Å². The van der Waals surface area contributed by atoms with Crippen molar-refractivity contribution in [3.63, 3.8) is 0 Å². The average Bonchev–Trinajstić information content (AvgIpc) is 3.11. The molecule has 0 saturated heterocycles. The number of rotatable bonds is 6. The van der Waals surface area contributed by atoms with E-state index in [-0.39, 0.29) is 5.56 Å². The largest absolute Gasteiger partial charge is 0.494 e. The van der Waals surface area contributed by atoms with E-state index in [0.29, 0.717) is 18.0 Å². The molecule has 0 amide bonds. The van der Waals surface area contributed by atoms with Crippen molar-refractivity contribution >= 4 is 5.97 Å². The lowest BCUT2D eigenvalue weighted by atomic mass is 10.1. The molecule has 3 rings (SSSR count). The van der Waals surface area contributed by atoms with Gasteiger partial charge in [-0.2, -0.15) is 5.26 Å². The average molecular weight is 347 g/mol. The zero-order valence-electron chi connectivity index (χ0n) is 14.2. The maximum Gasteiger partial charge on any atom is 0.335 e. The molecule has 0 radical (unpaired) electrons. The van der Waals surface area contributed by atoms with Crippen molar-refractivity contribution in [2.45, 2.75) is 13.3 Å². The molecule has 0 aliphatic heterocycles. The highest BCUT2D eigenvalue weighted by Crippen LogP contribution is 2.27. The first-order chi connectivity index (χ1) is 12.6. The van der Waals surface area contributed by atoms with E-state index in [1.807, 2.05) is 31.2 Å². The van der Waals surface area contributed by atoms with Gasteiger partial charge in [-0.1, -0.05) is 19.1 Å². The molecule has 0 atom stereocenters. The maximum atomic E-state index is 11.1. The van der Waals surface area contributed by atoms with Gasteiger partial charge in [-0.15, -0.1) is 0 Å². The summed E-state index contributed by atoms with van der Waals surface area (Å²) < 4.78 is 7.23. The van der Waals surface area contributed by atoms with Crippen LogP contribution >= 0.6 is 0 Å². The molecule has 6 nitrogen and oxygen atoms in total. The third-order valence-corrected chi connectivity index (χ3v) is 3.84. The number of carboxylic acids is 1. The van der Waals surface area contributed by atoms with Gasteiger partial charge in [0.2, 0.25) is 0 Å². The lowest BCUT2D eigenvalue weighted by Crippen LogP contribution is -2.00. The molecule has 2 aromatic heterocycles.